The van der Waals surface area contributed by atoms with E-state index in [1.807, 2.05) is 29.9 Å². The molecule has 3 rings (SSSR count). The lowest BCUT2D eigenvalue weighted by molar-refractivity contribution is 0.138. The lowest BCUT2D eigenvalue weighted by atomic mass is 9.83. The van der Waals surface area contributed by atoms with Crippen LogP contribution in [0.1, 0.15) is 49.8 Å². The molecule has 1 heterocycles. The van der Waals surface area contributed by atoms with E-state index in [2.05, 4.69) is 46.0 Å². The highest BCUT2D eigenvalue weighted by atomic mass is 127. The Hall–Kier alpha value is -1.61. The average molecular weight is 540 g/mol. The Morgan fingerprint density at radius 2 is 1.94 bits per heavy atom. The maximum Gasteiger partial charge on any atom is 0.190 e. The van der Waals surface area contributed by atoms with Gasteiger partial charge in [0.2, 0.25) is 0 Å². The number of aryl methyl sites for hydroxylation is 2. The van der Waals surface area contributed by atoms with Gasteiger partial charge in [0.05, 0.1) is 11.4 Å². The fourth-order valence-electron chi connectivity index (χ4n) is 4.39. The van der Waals surface area contributed by atoms with Crippen molar-refractivity contribution in [3.63, 3.8) is 0 Å². The summed E-state index contributed by atoms with van der Waals surface area (Å²) in [5, 5.41) is 11.7. The maximum atomic E-state index is 5.34. The number of nitrogens with one attached hydrogen (secondary N) is 2. The molecular weight excluding hydrogens is 501 g/mol. The third kappa shape index (κ3) is 7.49. The lowest BCUT2D eigenvalue weighted by Gasteiger charge is -2.30. The molecule has 1 saturated carbocycles. The molecule has 0 saturated heterocycles. The van der Waals surface area contributed by atoms with Gasteiger partial charge < -0.3 is 15.4 Å². The summed E-state index contributed by atoms with van der Waals surface area (Å²) in [5.74, 6) is 0.899. The van der Waals surface area contributed by atoms with Gasteiger partial charge in [0.1, 0.15) is 0 Å². The van der Waals surface area contributed by atoms with Gasteiger partial charge >= 0.3 is 0 Å². The van der Waals surface area contributed by atoms with Crippen molar-refractivity contribution in [1.29, 1.82) is 0 Å². The van der Waals surface area contributed by atoms with Gasteiger partial charge in [-0.3, -0.25) is 4.99 Å². The van der Waals surface area contributed by atoms with Crippen molar-refractivity contribution in [3.8, 4) is 5.69 Å². The molecule has 2 aromatic rings. The second-order valence-electron chi connectivity index (χ2n) is 8.43. The molecule has 0 bridgehead atoms. The van der Waals surface area contributed by atoms with Crippen molar-refractivity contribution < 1.29 is 4.74 Å². The number of halogens is 1. The summed E-state index contributed by atoms with van der Waals surface area (Å²) < 4.78 is 7.31. The van der Waals surface area contributed by atoms with E-state index in [0.29, 0.717) is 5.41 Å². The molecule has 2 N–H and O–H groups in total. The summed E-state index contributed by atoms with van der Waals surface area (Å²) >= 11 is 0. The fourth-order valence-corrected chi connectivity index (χ4v) is 4.39. The number of nitrogens with zero attached hydrogens (tertiary/aromatic N) is 3. The van der Waals surface area contributed by atoms with Crippen LogP contribution in [-0.4, -0.2) is 49.6 Å². The molecule has 0 spiro atoms. The topological polar surface area (TPSA) is 63.5 Å². The largest absolute Gasteiger partial charge is 0.385 e. The SMILES string of the molecule is CN=C(NCCCc1cn(-c2ccccc2)nc1C)NCC1(CCOC)CCCC1.I. The van der Waals surface area contributed by atoms with Crippen molar-refractivity contribution in [2.75, 3.05) is 33.9 Å². The smallest absolute Gasteiger partial charge is 0.190 e. The molecule has 172 valence electrons. The predicted molar refractivity (Wildman–Crippen MR) is 139 cm³/mol. The molecule has 31 heavy (non-hydrogen) atoms. The molecule has 7 heteroatoms. The zero-order valence-corrected chi connectivity index (χ0v) is 21.5. The van der Waals surface area contributed by atoms with Crippen LogP contribution >= 0.6 is 24.0 Å². The fraction of sp³-hybridized carbons (Fsp3) is 0.583. The molecule has 1 fully saturated rings. The third-order valence-corrected chi connectivity index (χ3v) is 6.29. The molecule has 6 nitrogen and oxygen atoms in total. The van der Waals surface area contributed by atoms with Crippen LogP contribution in [0.5, 0.6) is 0 Å². The Morgan fingerprint density at radius 1 is 1.19 bits per heavy atom. The molecule has 1 aromatic carbocycles. The number of hydrogen-bond donors (Lipinski definition) is 2. The van der Waals surface area contributed by atoms with Crippen LogP contribution in [0.3, 0.4) is 0 Å². The van der Waals surface area contributed by atoms with Crippen molar-refractivity contribution in [3.05, 3.63) is 47.8 Å². The van der Waals surface area contributed by atoms with E-state index in [-0.39, 0.29) is 24.0 Å². The summed E-state index contributed by atoms with van der Waals surface area (Å²) in [4.78, 5) is 4.41. The van der Waals surface area contributed by atoms with E-state index in [4.69, 9.17) is 4.74 Å². The summed E-state index contributed by atoms with van der Waals surface area (Å²) in [7, 11) is 3.64. The minimum absolute atomic E-state index is 0. The first-order valence-corrected chi connectivity index (χ1v) is 11.2. The van der Waals surface area contributed by atoms with Crippen LogP contribution in [0.2, 0.25) is 0 Å². The van der Waals surface area contributed by atoms with Crippen molar-refractivity contribution >= 4 is 29.9 Å². The summed E-state index contributed by atoms with van der Waals surface area (Å²) in [6, 6.07) is 10.3. The van der Waals surface area contributed by atoms with Crippen LogP contribution in [0, 0.1) is 12.3 Å². The number of hydrogen-bond acceptors (Lipinski definition) is 3. The van der Waals surface area contributed by atoms with Gasteiger partial charge in [0, 0.05) is 40.1 Å². The second kappa shape index (κ2) is 13.1. The first-order chi connectivity index (χ1) is 14.7. The zero-order chi connectivity index (χ0) is 21.2. The number of methoxy groups -OCH3 is 1. The van der Waals surface area contributed by atoms with Crippen molar-refractivity contribution in [1.82, 2.24) is 20.4 Å². The first kappa shape index (κ1) is 25.6. The molecule has 0 unspecified atom stereocenters. The standard InChI is InChI=1S/C24H37N5O.HI/c1-20-21(18-29(28-20)22-11-5-4-6-12-22)10-9-16-26-23(25-2)27-19-24(15-17-30-3)13-7-8-14-24;/h4-6,11-12,18H,7-10,13-17,19H2,1-3H3,(H2,25,26,27);1H. The number of aliphatic imine (C=N–C) groups is 1. The quantitative estimate of drug-likeness (QED) is 0.202. The molecule has 1 aliphatic carbocycles. The number of rotatable bonds is 10. The van der Waals surface area contributed by atoms with Gasteiger partial charge in [-0.25, -0.2) is 4.68 Å². The van der Waals surface area contributed by atoms with Crippen LogP contribution in [0.4, 0.5) is 0 Å². The van der Waals surface area contributed by atoms with Crippen molar-refractivity contribution in [2.24, 2.45) is 10.4 Å². The molecule has 1 aromatic heterocycles. The monoisotopic (exact) mass is 539 g/mol. The Morgan fingerprint density at radius 3 is 2.61 bits per heavy atom. The third-order valence-electron chi connectivity index (χ3n) is 6.29. The highest BCUT2D eigenvalue weighted by Gasteiger charge is 2.33. The zero-order valence-electron chi connectivity index (χ0n) is 19.2. The van der Waals surface area contributed by atoms with Crippen LogP contribution < -0.4 is 10.6 Å². The normalized spacial score (nSPS) is 15.5. The van der Waals surface area contributed by atoms with Gasteiger partial charge in [-0.05, 0) is 62.1 Å². The second-order valence-corrected chi connectivity index (χ2v) is 8.43. The van der Waals surface area contributed by atoms with Crippen LogP contribution in [0.15, 0.2) is 41.5 Å². The number of benzene rings is 1. The van der Waals surface area contributed by atoms with E-state index in [0.717, 1.165) is 56.3 Å². The maximum absolute atomic E-state index is 5.34. The number of ether oxygens (including phenoxy) is 1. The molecular formula is C24H38IN5O. The highest BCUT2D eigenvalue weighted by Crippen LogP contribution is 2.40. The number of para-hydroxylation sites is 1. The predicted octanol–water partition coefficient (Wildman–Crippen LogP) is 4.49. The Balaban J connectivity index is 0.00000341. The van der Waals surface area contributed by atoms with Gasteiger partial charge in [-0.1, -0.05) is 31.0 Å². The summed E-state index contributed by atoms with van der Waals surface area (Å²) in [6.45, 7) is 4.78. The van der Waals surface area contributed by atoms with Gasteiger partial charge in [-0.15, -0.1) is 24.0 Å². The minimum Gasteiger partial charge on any atom is -0.385 e. The highest BCUT2D eigenvalue weighted by molar-refractivity contribution is 14.0. The Labute approximate surface area is 204 Å². The lowest BCUT2D eigenvalue weighted by Crippen LogP contribution is -2.43. The Bertz CT molecular complexity index is 800. The Kier molecular flexibility index (Phi) is 10.8. The number of aromatic nitrogens is 2. The molecule has 1 aliphatic rings. The minimum atomic E-state index is 0. The van der Waals surface area contributed by atoms with E-state index in [1.165, 1.54) is 31.2 Å². The first-order valence-electron chi connectivity index (χ1n) is 11.2. The molecule has 0 radical (unpaired) electrons. The summed E-state index contributed by atoms with van der Waals surface area (Å²) in [5.41, 5.74) is 3.86. The summed E-state index contributed by atoms with van der Waals surface area (Å²) in [6.07, 6.45) is 10.5. The number of guanidine groups is 1. The van der Waals surface area contributed by atoms with Gasteiger partial charge in [0.15, 0.2) is 5.96 Å². The molecule has 0 atom stereocenters. The van der Waals surface area contributed by atoms with E-state index < -0.39 is 0 Å². The van der Waals surface area contributed by atoms with Crippen LogP contribution in [0.25, 0.3) is 5.69 Å². The van der Waals surface area contributed by atoms with Gasteiger partial charge in [-0.2, -0.15) is 5.10 Å². The van der Waals surface area contributed by atoms with Gasteiger partial charge in [0.25, 0.3) is 0 Å². The van der Waals surface area contributed by atoms with Crippen molar-refractivity contribution in [2.45, 2.75) is 51.9 Å². The molecule has 0 aliphatic heterocycles. The average Bonchev–Trinajstić information content (AvgIpc) is 3.39. The van der Waals surface area contributed by atoms with E-state index in [1.54, 1.807) is 7.11 Å². The van der Waals surface area contributed by atoms with E-state index in [9.17, 15) is 0 Å². The van der Waals surface area contributed by atoms with E-state index >= 15 is 0 Å². The molecule has 0 amide bonds. The van der Waals surface area contributed by atoms with Crippen LogP contribution in [-0.2, 0) is 11.2 Å².